The Morgan fingerprint density at radius 3 is 3.19 bits per heavy atom. The minimum atomic E-state index is 0.385. The molecule has 4 nitrogen and oxygen atoms in total. The minimum absolute atomic E-state index is 0.385. The van der Waals surface area contributed by atoms with Gasteiger partial charge in [0.05, 0.1) is 6.10 Å². The second kappa shape index (κ2) is 8.14. The Bertz CT molecular complexity index is 272. The fourth-order valence-corrected chi connectivity index (χ4v) is 1.53. The number of nitrogens with one attached hydrogen (secondary N) is 1. The number of ether oxygens (including phenoxy) is 1. The standard InChI is InChI=1S/C12H20N2O2/c1-3-5-11(2)14-16-9-7-13-10-12-6-4-8-15-12/h12-13H,4,6-10H2,1-2H3/b14-11-/t12-/m0/s1. The lowest BCUT2D eigenvalue weighted by atomic mass is 10.2. The Kier molecular flexibility index (Phi) is 6.62. The number of oxime groups is 1. The van der Waals surface area contributed by atoms with Crippen LogP contribution < -0.4 is 5.32 Å². The second-order valence-corrected chi connectivity index (χ2v) is 3.72. The average molecular weight is 224 g/mol. The lowest BCUT2D eigenvalue weighted by molar-refractivity contribution is 0.103. The first-order valence-corrected chi connectivity index (χ1v) is 5.74. The summed E-state index contributed by atoms with van der Waals surface area (Å²) in [6.45, 7) is 6.77. The molecule has 1 rings (SSSR count). The molecule has 0 amide bonds. The van der Waals surface area contributed by atoms with Crippen molar-refractivity contribution in [3.05, 3.63) is 0 Å². The van der Waals surface area contributed by atoms with Gasteiger partial charge in [-0.2, -0.15) is 0 Å². The van der Waals surface area contributed by atoms with Gasteiger partial charge in [0.1, 0.15) is 12.3 Å². The van der Waals surface area contributed by atoms with Crippen LogP contribution in [0.1, 0.15) is 26.7 Å². The van der Waals surface area contributed by atoms with E-state index in [4.69, 9.17) is 9.57 Å². The van der Waals surface area contributed by atoms with E-state index in [9.17, 15) is 0 Å². The van der Waals surface area contributed by atoms with Gasteiger partial charge < -0.3 is 14.9 Å². The van der Waals surface area contributed by atoms with Gasteiger partial charge in [0.25, 0.3) is 0 Å². The Balaban J connectivity index is 1.94. The lowest BCUT2D eigenvalue weighted by Crippen LogP contribution is -2.28. The van der Waals surface area contributed by atoms with Crippen molar-refractivity contribution in [2.24, 2.45) is 5.16 Å². The zero-order chi connectivity index (χ0) is 11.6. The Hall–Kier alpha value is -1.05. The molecule has 0 aromatic carbocycles. The van der Waals surface area contributed by atoms with Crippen LogP contribution in [0.2, 0.25) is 0 Å². The minimum Gasteiger partial charge on any atom is -0.394 e. The van der Waals surface area contributed by atoms with Gasteiger partial charge in [-0.3, -0.25) is 0 Å². The highest BCUT2D eigenvalue weighted by Crippen LogP contribution is 2.10. The summed E-state index contributed by atoms with van der Waals surface area (Å²) in [5.41, 5.74) is 0.710. The maximum Gasteiger partial charge on any atom is 0.129 e. The largest absolute Gasteiger partial charge is 0.394 e. The van der Waals surface area contributed by atoms with Crippen molar-refractivity contribution in [3.63, 3.8) is 0 Å². The van der Waals surface area contributed by atoms with Crippen LogP contribution in [0.25, 0.3) is 0 Å². The van der Waals surface area contributed by atoms with E-state index in [-0.39, 0.29) is 0 Å². The first-order chi connectivity index (χ1) is 7.83. The molecule has 0 unspecified atom stereocenters. The fraction of sp³-hybridized carbons (Fsp3) is 0.750. The summed E-state index contributed by atoms with van der Waals surface area (Å²) in [6.07, 6.45) is 2.73. The van der Waals surface area contributed by atoms with E-state index in [2.05, 4.69) is 22.3 Å². The first kappa shape index (κ1) is 13.0. The Morgan fingerprint density at radius 2 is 2.50 bits per heavy atom. The van der Waals surface area contributed by atoms with Gasteiger partial charge in [-0.05, 0) is 32.6 Å². The Morgan fingerprint density at radius 1 is 1.62 bits per heavy atom. The highest BCUT2D eigenvalue weighted by atomic mass is 16.6. The summed E-state index contributed by atoms with van der Waals surface area (Å²) in [5, 5.41) is 7.13. The van der Waals surface area contributed by atoms with Gasteiger partial charge in [-0.25, -0.2) is 0 Å². The predicted octanol–water partition coefficient (Wildman–Crippen LogP) is 1.17. The first-order valence-electron chi connectivity index (χ1n) is 5.74. The third kappa shape index (κ3) is 5.74. The van der Waals surface area contributed by atoms with Crippen LogP contribution in [0.4, 0.5) is 0 Å². The molecule has 0 saturated carbocycles. The molecular weight excluding hydrogens is 204 g/mol. The molecule has 1 aliphatic heterocycles. The lowest BCUT2D eigenvalue weighted by Gasteiger charge is -2.09. The summed E-state index contributed by atoms with van der Waals surface area (Å²) in [5.74, 6) is 5.58. The Labute approximate surface area is 97.4 Å². The fourth-order valence-electron chi connectivity index (χ4n) is 1.53. The van der Waals surface area contributed by atoms with Crippen molar-refractivity contribution in [2.45, 2.75) is 32.8 Å². The summed E-state index contributed by atoms with van der Waals surface area (Å²) in [4.78, 5) is 5.09. The second-order valence-electron chi connectivity index (χ2n) is 3.72. The van der Waals surface area contributed by atoms with E-state index in [1.54, 1.807) is 6.92 Å². The molecule has 1 aliphatic rings. The monoisotopic (exact) mass is 224 g/mol. The molecular formula is C12H20N2O2. The smallest absolute Gasteiger partial charge is 0.129 e. The topological polar surface area (TPSA) is 42.8 Å². The maximum atomic E-state index is 5.48. The SMILES string of the molecule is CC#C/C(C)=N\OCCNC[C@@H]1CCCO1. The summed E-state index contributed by atoms with van der Waals surface area (Å²) in [7, 11) is 0. The van der Waals surface area contributed by atoms with Gasteiger partial charge in [0.15, 0.2) is 0 Å². The third-order valence-corrected chi connectivity index (χ3v) is 2.27. The van der Waals surface area contributed by atoms with Crippen molar-refractivity contribution in [1.82, 2.24) is 5.32 Å². The van der Waals surface area contributed by atoms with Crippen LogP contribution in [-0.4, -0.2) is 38.1 Å². The molecule has 1 heterocycles. The van der Waals surface area contributed by atoms with E-state index in [0.717, 1.165) is 26.1 Å². The molecule has 1 fully saturated rings. The molecule has 0 spiro atoms. The molecule has 0 aromatic rings. The number of hydrogen-bond donors (Lipinski definition) is 1. The van der Waals surface area contributed by atoms with Crippen LogP contribution in [0.15, 0.2) is 5.16 Å². The number of nitrogens with zero attached hydrogens (tertiary/aromatic N) is 1. The normalized spacial score (nSPS) is 20.4. The molecule has 1 saturated heterocycles. The molecule has 1 atom stereocenters. The number of rotatable bonds is 6. The van der Waals surface area contributed by atoms with Gasteiger partial charge in [0.2, 0.25) is 0 Å². The highest BCUT2D eigenvalue weighted by Gasteiger charge is 2.13. The molecule has 16 heavy (non-hydrogen) atoms. The molecule has 0 aliphatic carbocycles. The van der Waals surface area contributed by atoms with Crippen molar-refractivity contribution >= 4 is 5.71 Å². The van der Waals surface area contributed by atoms with Crippen LogP contribution >= 0.6 is 0 Å². The maximum absolute atomic E-state index is 5.48. The summed E-state index contributed by atoms with van der Waals surface area (Å²) < 4.78 is 5.48. The zero-order valence-electron chi connectivity index (χ0n) is 10.1. The predicted molar refractivity (Wildman–Crippen MR) is 64.4 cm³/mol. The van der Waals surface area contributed by atoms with E-state index in [0.29, 0.717) is 18.4 Å². The molecule has 1 N–H and O–H groups in total. The van der Waals surface area contributed by atoms with Gasteiger partial charge in [-0.15, -0.1) is 0 Å². The number of hydrogen-bond acceptors (Lipinski definition) is 4. The van der Waals surface area contributed by atoms with Crippen molar-refractivity contribution < 1.29 is 9.57 Å². The van der Waals surface area contributed by atoms with Crippen LogP contribution in [0, 0.1) is 11.8 Å². The quantitative estimate of drug-likeness (QED) is 0.319. The highest BCUT2D eigenvalue weighted by molar-refractivity contribution is 5.97. The van der Waals surface area contributed by atoms with E-state index >= 15 is 0 Å². The summed E-state index contributed by atoms with van der Waals surface area (Å²) >= 11 is 0. The molecule has 90 valence electrons. The van der Waals surface area contributed by atoms with Gasteiger partial charge >= 0.3 is 0 Å². The van der Waals surface area contributed by atoms with Gasteiger partial charge in [-0.1, -0.05) is 11.1 Å². The van der Waals surface area contributed by atoms with Crippen LogP contribution in [-0.2, 0) is 9.57 Å². The molecule has 4 heteroatoms. The zero-order valence-corrected chi connectivity index (χ0v) is 10.1. The average Bonchev–Trinajstić information content (AvgIpc) is 2.76. The summed E-state index contributed by atoms with van der Waals surface area (Å²) in [6, 6.07) is 0. The van der Waals surface area contributed by atoms with Crippen molar-refractivity contribution in [2.75, 3.05) is 26.3 Å². The van der Waals surface area contributed by atoms with E-state index in [1.807, 2.05) is 6.92 Å². The molecule has 0 bridgehead atoms. The van der Waals surface area contributed by atoms with E-state index < -0.39 is 0 Å². The third-order valence-electron chi connectivity index (χ3n) is 2.27. The molecule has 0 aromatic heterocycles. The van der Waals surface area contributed by atoms with Crippen molar-refractivity contribution in [1.29, 1.82) is 0 Å². The van der Waals surface area contributed by atoms with E-state index in [1.165, 1.54) is 6.42 Å². The molecule has 0 radical (unpaired) electrons. The van der Waals surface area contributed by atoms with Gasteiger partial charge in [0, 0.05) is 19.7 Å². The van der Waals surface area contributed by atoms with Crippen LogP contribution in [0.3, 0.4) is 0 Å². The van der Waals surface area contributed by atoms with Crippen LogP contribution in [0.5, 0.6) is 0 Å². The van der Waals surface area contributed by atoms with Crippen molar-refractivity contribution in [3.8, 4) is 11.8 Å².